The number of nitrogens with zero attached hydrogens (tertiary/aromatic N) is 1. The number of aromatic nitrogens is 1. The highest BCUT2D eigenvalue weighted by molar-refractivity contribution is 7.13. The van der Waals surface area contributed by atoms with Gasteiger partial charge in [0.15, 0.2) is 0 Å². The Balaban J connectivity index is 1.50. The molecule has 3 heterocycles. The fraction of sp³-hybridized carbons (Fsp3) is 0.211. The Morgan fingerprint density at radius 1 is 1.44 bits per heavy atom. The second-order valence-electron chi connectivity index (χ2n) is 6.14. The number of aryl methyl sites for hydroxylation is 1. The van der Waals surface area contributed by atoms with Gasteiger partial charge in [0, 0.05) is 12.1 Å². The van der Waals surface area contributed by atoms with Crippen molar-refractivity contribution in [3.8, 4) is 10.8 Å². The fourth-order valence-corrected chi connectivity index (χ4v) is 3.60. The molecule has 0 aliphatic carbocycles. The number of rotatable bonds is 4. The monoisotopic (exact) mass is 386 g/mol. The van der Waals surface area contributed by atoms with E-state index in [-0.39, 0.29) is 18.9 Å². The summed E-state index contributed by atoms with van der Waals surface area (Å²) in [5.74, 6) is -1.13. The molecule has 1 aliphatic heterocycles. The number of nitrogens with one attached hydrogen (secondary N) is 1. The van der Waals surface area contributed by atoms with Crippen molar-refractivity contribution in [2.24, 2.45) is 0 Å². The normalized spacial score (nSPS) is 15.9. The molecule has 0 radical (unpaired) electrons. The average molecular weight is 386 g/mol. The molecule has 1 amide bonds. The molecule has 1 aliphatic rings. The van der Waals surface area contributed by atoms with Crippen LogP contribution in [-0.4, -0.2) is 16.9 Å². The van der Waals surface area contributed by atoms with Gasteiger partial charge in [0.2, 0.25) is 11.8 Å². The number of esters is 1. The Morgan fingerprint density at radius 3 is 3.07 bits per heavy atom. The van der Waals surface area contributed by atoms with Crippen LogP contribution in [0.1, 0.15) is 29.4 Å². The van der Waals surface area contributed by atoms with Crippen LogP contribution in [0.2, 0.25) is 0 Å². The molecule has 0 unspecified atom stereocenters. The van der Waals surface area contributed by atoms with E-state index in [0.717, 1.165) is 4.88 Å². The number of ether oxygens (including phenoxy) is 1. The molecule has 0 saturated carbocycles. The van der Waals surface area contributed by atoms with Crippen LogP contribution in [0.5, 0.6) is 0 Å². The standard InChI is InChI=1S/C19H15FN2O4S/c1-10-15(22-18(26-10)16-3-2-6-27-16)9-25-19(24)13-8-17(23)21-14-7-11(20)4-5-12(13)14/h2-7,13H,8-9H2,1H3,(H,21,23)/t13-/m1/s1. The van der Waals surface area contributed by atoms with Gasteiger partial charge in [-0.25, -0.2) is 9.37 Å². The summed E-state index contributed by atoms with van der Waals surface area (Å²) in [6.07, 6.45) is -0.0459. The Kier molecular flexibility index (Phi) is 4.49. The first-order valence-electron chi connectivity index (χ1n) is 8.27. The van der Waals surface area contributed by atoms with Crippen LogP contribution >= 0.6 is 11.3 Å². The van der Waals surface area contributed by atoms with Crippen molar-refractivity contribution in [3.63, 3.8) is 0 Å². The zero-order valence-electron chi connectivity index (χ0n) is 14.3. The van der Waals surface area contributed by atoms with E-state index < -0.39 is 17.7 Å². The summed E-state index contributed by atoms with van der Waals surface area (Å²) in [6, 6.07) is 7.73. The third kappa shape index (κ3) is 3.48. The van der Waals surface area contributed by atoms with E-state index in [2.05, 4.69) is 10.3 Å². The van der Waals surface area contributed by atoms with Crippen LogP contribution in [0, 0.1) is 12.7 Å². The van der Waals surface area contributed by atoms with E-state index in [4.69, 9.17) is 9.15 Å². The van der Waals surface area contributed by atoms with E-state index >= 15 is 0 Å². The summed E-state index contributed by atoms with van der Waals surface area (Å²) < 4.78 is 24.4. The summed E-state index contributed by atoms with van der Waals surface area (Å²) in [7, 11) is 0. The maximum absolute atomic E-state index is 13.4. The number of fused-ring (bicyclic) bond motifs is 1. The lowest BCUT2D eigenvalue weighted by Gasteiger charge is -2.24. The first-order chi connectivity index (χ1) is 13.0. The molecule has 0 bridgehead atoms. The van der Waals surface area contributed by atoms with Gasteiger partial charge < -0.3 is 14.5 Å². The number of benzene rings is 1. The minimum Gasteiger partial charge on any atom is -0.459 e. The highest BCUT2D eigenvalue weighted by atomic mass is 32.1. The van der Waals surface area contributed by atoms with Gasteiger partial charge in [0.25, 0.3) is 0 Å². The Bertz CT molecular complexity index is 1010. The number of hydrogen-bond donors (Lipinski definition) is 1. The highest BCUT2D eigenvalue weighted by Gasteiger charge is 2.32. The lowest BCUT2D eigenvalue weighted by atomic mass is 9.90. The third-order valence-electron chi connectivity index (χ3n) is 4.31. The van der Waals surface area contributed by atoms with Crippen molar-refractivity contribution in [2.75, 3.05) is 5.32 Å². The zero-order valence-corrected chi connectivity index (χ0v) is 15.1. The molecule has 0 fully saturated rings. The van der Waals surface area contributed by atoms with Gasteiger partial charge in [0.05, 0.1) is 10.8 Å². The zero-order chi connectivity index (χ0) is 19.0. The first kappa shape index (κ1) is 17.4. The van der Waals surface area contributed by atoms with Crippen molar-refractivity contribution in [1.29, 1.82) is 0 Å². The number of halogens is 1. The average Bonchev–Trinajstić information content (AvgIpc) is 3.28. The molecule has 8 heteroatoms. The maximum atomic E-state index is 13.4. The van der Waals surface area contributed by atoms with Crippen LogP contribution in [0.15, 0.2) is 40.1 Å². The number of carbonyl (C=O) groups excluding carboxylic acids is 2. The molecule has 1 aromatic carbocycles. The number of anilines is 1. The molecule has 3 aromatic rings. The molecule has 6 nitrogen and oxygen atoms in total. The number of hydrogen-bond acceptors (Lipinski definition) is 6. The Morgan fingerprint density at radius 2 is 2.30 bits per heavy atom. The van der Waals surface area contributed by atoms with Gasteiger partial charge in [-0.05, 0) is 36.1 Å². The van der Waals surface area contributed by atoms with E-state index in [1.807, 2.05) is 17.5 Å². The molecular formula is C19H15FN2O4S. The van der Waals surface area contributed by atoms with Gasteiger partial charge in [0.1, 0.15) is 23.9 Å². The van der Waals surface area contributed by atoms with Gasteiger partial charge in [-0.2, -0.15) is 0 Å². The van der Waals surface area contributed by atoms with Crippen LogP contribution in [0.25, 0.3) is 10.8 Å². The van der Waals surface area contributed by atoms with E-state index in [9.17, 15) is 14.0 Å². The van der Waals surface area contributed by atoms with Crippen molar-refractivity contribution < 1.29 is 23.1 Å². The van der Waals surface area contributed by atoms with Gasteiger partial charge in [-0.3, -0.25) is 9.59 Å². The SMILES string of the molecule is Cc1oc(-c2cccs2)nc1COC(=O)[C@@H]1CC(=O)Nc2cc(F)ccc21. The number of carbonyl (C=O) groups is 2. The topological polar surface area (TPSA) is 81.4 Å². The quantitative estimate of drug-likeness (QED) is 0.685. The lowest BCUT2D eigenvalue weighted by Crippen LogP contribution is -2.28. The highest BCUT2D eigenvalue weighted by Crippen LogP contribution is 2.34. The Labute approximate surface area is 158 Å². The predicted molar refractivity (Wildman–Crippen MR) is 96.7 cm³/mol. The molecule has 0 spiro atoms. The summed E-state index contributed by atoms with van der Waals surface area (Å²) in [5.41, 5.74) is 1.36. The van der Waals surface area contributed by atoms with E-state index in [1.165, 1.54) is 29.5 Å². The predicted octanol–water partition coefficient (Wildman–Crippen LogP) is 4.02. The second-order valence-corrected chi connectivity index (χ2v) is 7.09. The van der Waals surface area contributed by atoms with Crippen molar-refractivity contribution >= 4 is 28.9 Å². The smallest absolute Gasteiger partial charge is 0.314 e. The summed E-state index contributed by atoms with van der Waals surface area (Å²) >= 11 is 1.50. The molecule has 1 N–H and O–H groups in total. The van der Waals surface area contributed by atoms with Crippen LogP contribution in [0.4, 0.5) is 10.1 Å². The summed E-state index contributed by atoms with van der Waals surface area (Å²) in [5, 5.41) is 4.49. The largest absolute Gasteiger partial charge is 0.459 e. The van der Waals surface area contributed by atoms with Gasteiger partial charge in [-0.15, -0.1) is 11.3 Å². The van der Waals surface area contributed by atoms with Gasteiger partial charge >= 0.3 is 5.97 Å². The lowest BCUT2D eigenvalue weighted by molar-refractivity contribution is -0.148. The number of thiophene rings is 1. The van der Waals surface area contributed by atoms with Gasteiger partial charge in [-0.1, -0.05) is 12.1 Å². The number of oxazole rings is 1. The molecule has 138 valence electrons. The summed E-state index contributed by atoms with van der Waals surface area (Å²) in [4.78, 5) is 29.7. The molecule has 1 atom stereocenters. The Hall–Kier alpha value is -3.00. The maximum Gasteiger partial charge on any atom is 0.314 e. The summed E-state index contributed by atoms with van der Waals surface area (Å²) in [6.45, 7) is 1.69. The van der Waals surface area contributed by atoms with Crippen LogP contribution < -0.4 is 5.32 Å². The fourth-order valence-electron chi connectivity index (χ4n) is 2.96. The molecule has 27 heavy (non-hydrogen) atoms. The van der Waals surface area contributed by atoms with E-state index in [1.54, 1.807) is 6.92 Å². The van der Waals surface area contributed by atoms with E-state index in [0.29, 0.717) is 28.6 Å². The van der Waals surface area contributed by atoms with Crippen molar-refractivity contribution in [2.45, 2.75) is 25.9 Å². The minimum atomic E-state index is -0.779. The molecule has 2 aromatic heterocycles. The van der Waals surface area contributed by atoms with Crippen LogP contribution in [-0.2, 0) is 20.9 Å². The molecule has 4 rings (SSSR count). The van der Waals surface area contributed by atoms with Crippen molar-refractivity contribution in [1.82, 2.24) is 4.98 Å². The molecular weight excluding hydrogens is 371 g/mol. The minimum absolute atomic E-state index is 0.0459. The first-order valence-corrected chi connectivity index (χ1v) is 9.15. The molecule has 0 saturated heterocycles. The van der Waals surface area contributed by atoms with Crippen molar-refractivity contribution in [3.05, 3.63) is 58.5 Å². The number of amides is 1. The van der Waals surface area contributed by atoms with Crippen LogP contribution in [0.3, 0.4) is 0 Å². The second kappa shape index (κ2) is 6.96. The third-order valence-corrected chi connectivity index (χ3v) is 5.17.